The average molecular weight is 273 g/mol. The number of methoxy groups -OCH3 is 1. The van der Waals surface area contributed by atoms with Crippen LogP contribution in [0.1, 0.15) is 13.8 Å². The lowest BCUT2D eigenvalue weighted by Gasteiger charge is -2.10. The summed E-state index contributed by atoms with van der Waals surface area (Å²) in [7, 11) is -1.84. The van der Waals surface area contributed by atoms with E-state index in [9.17, 15) is 8.42 Å². The van der Waals surface area contributed by atoms with Gasteiger partial charge < -0.3 is 10.1 Å². The van der Waals surface area contributed by atoms with E-state index < -0.39 is 10.0 Å². The number of sulfonamides is 1. The first kappa shape index (κ1) is 14.7. The molecule has 0 aromatic carbocycles. The molecule has 0 aliphatic rings. The van der Waals surface area contributed by atoms with Crippen molar-refractivity contribution in [2.24, 2.45) is 0 Å². The number of hydrogen-bond donors (Lipinski definition) is 2. The molecular weight excluding hydrogens is 254 g/mol. The van der Waals surface area contributed by atoms with Crippen molar-refractivity contribution in [1.82, 2.24) is 10.3 Å². The van der Waals surface area contributed by atoms with E-state index in [1.807, 2.05) is 13.8 Å². The third-order valence-electron chi connectivity index (χ3n) is 2.14. The molecule has 1 heterocycles. The number of nitrogens with one attached hydrogen (secondary N) is 2. The van der Waals surface area contributed by atoms with E-state index in [-0.39, 0.29) is 11.8 Å². The van der Waals surface area contributed by atoms with E-state index in [0.29, 0.717) is 18.1 Å². The molecule has 0 unspecified atom stereocenters. The Kier molecular flexibility index (Phi) is 5.36. The second kappa shape index (κ2) is 6.55. The maximum Gasteiger partial charge on any atom is 0.234 e. The van der Waals surface area contributed by atoms with Crippen molar-refractivity contribution in [3.63, 3.8) is 0 Å². The maximum absolute atomic E-state index is 11.7. The molecule has 0 radical (unpaired) electrons. The lowest BCUT2D eigenvalue weighted by molar-refractivity contribution is 0.398. The van der Waals surface area contributed by atoms with Gasteiger partial charge in [0.15, 0.2) is 0 Å². The van der Waals surface area contributed by atoms with Crippen LogP contribution in [-0.2, 0) is 10.0 Å². The van der Waals surface area contributed by atoms with Crippen LogP contribution in [0.3, 0.4) is 0 Å². The second-order valence-corrected chi connectivity index (χ2v) is 5.96. The molecule has 0 saturated carbocycles. The Hall–Kier alpha value is -1.34. The van der Waals surface area contributed by atoms with Crippen LogP contribution in [0.15, 0.2) is 18.3 Å². The predicted octanol–water partition coefficient (Wildman–Crippen LogP) is 0.830. The Bertz CT molecular complexity index is 457. The molecule has 102 valence electrons. The molecule has 0 bridgehead atoms. The molecule has 18 heavy (non-hydrogen) atoms. The molecule has 1 aromatic rings. The molecule has 2 N–H and O–H groups in total. The zero-order chi connectivity index (χ0) is 13.6. The van der Waals surface area contributed by atoms with Crippen LogP contribution in [0, 0.1) is 0 Å². The van der Waals surface area contributed by atoms with Crippen molar-refractivity contribution in [3.05, 3.63) is 18.3 Å². The molecular formula is C11H19N3O3S. The van der Waals surface area contributed by atoms with E-state index in [0.717, 1.165) is 0 Å². The quantitative estimate of drug-likeness (QED) is 0.769. The fraction of sp³-hybridized carbons (Fsp3) is 0.545. The SMILES string of the molecule is COc1ccc(NS(=O)(=O)CCNC(C)C)cn1. The summed E-state index contributed by atoms with van der Waals surface area (Å²) in [6.45, 7) is 4.34. The summed E-state index contributed by atoms with van der Waals surface area (Å²) in [5.74, 6) is 0.469. The first-order valence-corrected chi connectivity index (χ1v) is 7.32. The first-order valence-electron chi connectivity index (χ1n) is 5.67. The summed E-state index contributed by atoms with van der Waals surface area (Å²) in [4.78, 5) is 3.93. The van der Waals surface area contributed by atoms with E-state index in [1.54, 1.807) is 12.1 Å². The summed E-state index contributed by atoms with van der Waals surface area (Å²) in [6.07, 6.45) is 1.42. The number of aromatic nitrogens is 1. The van der Waals surface area contributed by atoms with Gasteiger partial charge >= 0.3 is 0 Å². The summed E-state index contributed by atoms with van der Waals surface area (Å²) in [6, 6.07) is 3.48. The minimum Gasteiger partial charge on any atom is -0.481 e. The molecule has 0 spiro atoms. The van der Waals surface area contributed by atoms with Crippen molar-refractivity contribution in [1.29, 1.82) is 0 Å². The number of anilines is 1. The predicted molar refractivity (Wildman–Crippen MR) is 71.3 cm³/mol. The van der Waals surface area contributed by atoms with Crippen molar-refractivity contribution < 1.29 is 13.2 Å². The van der Waals surface area contributed by atoms with Gasteiger partial charge in [-0.25, -0.2) is 13.4 Å². The van der Waals surface area contributed by atoms with E-state index >= 15 is 0 Å². The van der Waals surface area contributed by atoms with Crippen molar-refractivity contribution >= 4 is 15.7 Å². The van der Waals surface area contributed by atoms with Gasteiger partial charge in [0.2, 0.25) is 15.9 Å². The highest BCUT2D eigenvalue weighted by Crippen LogP contribution is 2.12. The fourth-order valence-corrected chi connectivity index (χ4v) is 2.24. The molecule has 0 aliphatic carbocycles. The molecule has 7 heteroatoms. The zero-order valence-electron chi connectivity index (χ0n) is 10.8. The van der Waals surface area contributed by atoms with Gasteiger partial charge in [-0.2, -0.15) is 0 Å². The number of rotatable bonds is 7. The van der Waals surface area contributed by atoms with Crippen LogP contribution in [0.5, 0.6) is 5.88 Å². The zero-order valence-corrected chi connectivity index (χ0v) is 11.6. The van der Waals surface area contributed by atoms with Gasteiger partial charge in [0.25, 0.3) is 0 Å². The minimum atomic E-state index is -3.34. The van der Waals surface area contributed by atoms with Crippen LogP contribution in [-0.4, -0.2) is 38.9 Å². The fourth-order valence-electron chi connectivity index (χ4n) is 1.27. The number of nitrogens with zero attached hydrogens (tertiary/aromatic N) is 1. The Morgan fingerprint density at radius 1 is 1.39 bits per heavy atom. The summed E-state index contributed by atoms with van der Waals surface area (Å²) < 4.78 is 30.8. The van der Waals surface area contributed by atoms with Gasteiger partial charge in [-0.1, -0.05) is 13.8 Å². The number of pyridine rings is 1. The Morgan fingerprint density at radius 2 is 2.11 bits per heavy atom. The number of hydrogen-bond acceptors (Lipinski definition) is 5. The minimum absolute atomic E-state index is 0.0250. The van der Waals surface area contributed by atoms with Gasteiger partial charge in [-0.05, 0) is 6.07 Å². The standard InChI is InChI=1S/C11H19N3O3S/c1-9(2)12-6-7-18(15,16)14-10-4-5-11(17-3)13-8-10/h4-5,8-9,12,14H,6-7H2,1-3H3. The highest BCUT2D eigenvalue weighted by Gasteiger charge is 2.10. The Labute approximate surface area is 108 Å². The molecule has 1 aromatic heterocycles. The lowest BCUT2D eigenvalue weighted by atomic mass is 10.4. The topological polar surface area (TPSA) is 80.3 Å². The van der Waals surface area contributed by atoms with Crippen molar-refractivity contribution in [2.75, 3.05) is 24.1 Å². The second-order valence-electron chi connectivity index (χ2n) is 4.12. The van der Waals surface area contributed by atoms with E-state index in [2.05, 4.69) is 15.0 Å². The van der Waals surface area contributed by atoms with E-state index in [1.165, 1.54) is 13.3 Å². The van der Waals surface area contributed by atoms with Crippen molar-refractivity contribution in [2.45, 2.75) is 19.9 Å². The summed E-state index contributed by atoms with van der Waals surface area (Å²) >= 11 is 0. The highest BCUT2D eigenvalue weighted by atomic mass is 32.2. The molecule has 1 rings (SSSR count). The van der Waals surface area contributed by atoms with Gasteiger partial charge in [-0.15, -0.1) is 0 Å². The number of ether oxygens (including phenoxy) is 1. The molecule has 0 fully saturated rings. The van der Waals surface area contributed by atoms with Gasteiger partial charge in [-0.3, -0.25) is 4.72 Å². The van der Waals surface area contributed by atoms with Gasteiger partial charge in [0, 0.05) is 18.7 Å². The smallest absolute Gasteiger partial charge is 0.234 e. The molecule has 0 amide bonds. The van der Waals surface area contributed by atoms with Crippen LogP contribution in [0.25, 0.3) is 0 Å². The first-order chi connectivity index (χ1) is 8.43. The largest absolute Gasteiger partial charge is 0.481 e. The van der Waals surface area contributed by atoms with Crippen LogP contribution in [0.4, 0.5) is 5.69 Å². The summed E-state index contributed by atoms with van der Waals surface area (Å²) in [5.41, 5.74) is 0.431. The van der Waals surface area contributed by atoms with Crippen LogP contribution >= 0.6 is 0 Å². The van der Waals surface area contributed by atoms with Crippen molar-refractivity contribution in [3.8, 4) is 5.88 Å². The molecule has 0 saturated heterocycles. The molecule has 0 atom stereocenters. The normalized spacial score (nSPS) is 11.6. The molecule has 0 aliphatic heterocycles. The monoisotopic (exact) mass is 273 g/mol. The highest BCUT2D eigenvalue weighted by molar-refractivity contribution is 7.92. The third-order valence-corrected chi connectivity index (χ3v) is 3.43. The van der Waals surface area contributed by atoms with Gasteiger partial charge in [0.05, 0.1) is 24.7 Å². The van der Waals surface area contributed by atoms with Crippen LogP contribution < -0.4 is 14.8 Å². The molecule has 6 nitrogen and oxygen atoms in total. The Balaban J connectivity index is 2.53. The van der Waals surface area contributed by atoms with Crippen LogP contribution in [0.2, 0.25) is 0 Å². The van der Waals surface area contributed by atoms with E-state index in [4.69, 9.17) is 4.74 Å². The lowest BCUT2D eigenvalue weighted by Crippen LogP contribution is -2.30. The van der Waals surface area contributed by atoms with Gasteiger partial charge in [0.1, 0.15) is 0 Å². The average Bonchev–Trinajstić information content (AvgIpc) is 2.28. The Morgan fingerprint density at radius 3 is 2.61 bits per heavy atom. The third kappa shape index (κ3) is 5.33. The maximum atomic E-state index is 11.7. The summed E-state index contributed by atoms with van der Waals surface area (Å²) in [5, 5.41) is 3.05.